The molecule has 1 atom stereocenters. The number of aromatic amines is 1. The summed E-state index contributed by atoms with van der Waals surface area (Å²) in [7, 11) is 0. The Morgan fingerprint density at radius 2 is 1.94 bits per heavy atom. The average Bonchev–Trinajstić information content (AvgIpc) is 3.17. The minimum absolute atomic E-state index is 0. The summed E-state index contributed by atoms with van der Waals surface area (Å²) in [5.74, 6) is 0.974. The summed E-state index contributed by atoms with van der Waals surface area (Å²) in [6.07, 6.45) is 4.60. The van der Waals surface area contributed by atoms with Crippen LogP contribution in [0.3, 0.4) is 0 Å². The van der Waals surface area contributed by atoms with E-state index in [-0.39, 0.29) is 35.8 Å². The number of H-pyrrole nitrogens is 1. The molecule has 0 saturated heterocycles. The lowest BCUT2D eigenvalue weighted by molar-refractivity contribution is -0.116. The van der Waals surface area contributed by atoms with E-state index in [1.54, 1.807) is 0 Å². The van der Waals surface area contributed by atoms with Gasteiger partial charge in [-0.2, -0.15) is 0 Å². The van der Waals surface area contributed by atoms with E-state index in [0.29, 0.717) is 13.0 Å². The molecule has 4 rings (SSSR count). The summed E-state index contributed by atoms with van der Waals surface area (Å²) in [4.78, 5) is 20.1. The Labute approximate surface area is 200 Å². The van der Waals surface area contributed by atoms with Crippen LogP contribution < -0.4 is 16.0 Å². The molecule has 0 spiro atoms. The zero-order valence-corrected chi connectivity index (χ0v) is 20.1. The van der Waals surface area contributed by atoms with Crippen LogP contribution >= 0.6 is 24.0 Å². The molecule has 2 aromatic carbocycles. The van der Waals surface area contributed by atoms with Crippen molar-refractivity contribution in [1.82, 2.24) is 15.6 Å². The van der Waals surface area contributed by atoms with Crippen molar-refractivity contribution in [2.45, 2.75) is 32.1 Å². The molecule has 164 valence electrons. The van der Waals surface area contributed by atoms with E-state index >= 15 is 0 Å². The van der Waals surface area contributed by atoms with Crippen LogP contribution in [-0.4, -0.2) is 36.5 Å². The van der Waals surface area contributed by atoms with Gasteiger partial charge in [0.2, 0.25) is 5.91 Å². The summed E-state index contributed by atoms with van der Waals surface area (Å²) in [5.41, 5.74) is 4.60. The van der Waals surface area contributed by atoms with Crippen molar-refractivity contribution < 1.29 is 4.79 Å². The maximum absolute atomic E-state index is 12.0. The summed E-state index contributed by atoms with van der Waals surface area (Å²) >= 11 is 0. The van der Waals surface area contributed by atoms with E-state index in [4.69, 9.17) is 4.99 Å². The maximum Gasteiger partial charge on any atom is 0.225 e. The van der Waals surface area contributed by atoms with Crippen LogP contribution in [0.15, 0.2) is 59.7 Å². The highest BCUT2D eigenvalue weighted by atomic mass is 127. The number of amides is 1. The number of anilines is 1. The quantitative estimate of drug-likeness (QED) is 0.158. The summed E-state index contributed by atoms with van der Waals surface area (Å²) in [6.45, 7) is 4.29. The Morgan fingerprint density at radius 1 is 1.13 bits per heavy atom. The molecule has 0 fully saturated rings. The molecule has 1 aromatic heterocycles. The van der Waals surface area contributed by atoms with Gasteiger partial charge < -0.3 is 20.9 Å². The Hall–Kier alpha value is -2.55. The van der Waals surface area contributed by atoms with Crippen LogP contribution in [0.2, 0.25) is 0 Å². The minimum atomic E-state index is 0. The number of carbonyl (C=O) groups is 1. The normalized spacial score (nSPS) is 15.7. The number of hydrogen-bond acceptors (Lipinski definition) is 2. The van der Waals surface area contributed by atoms with Crippen LogP contribution in [-0.2, 0) is 11.2 Å². The minimum Gasteiger partial charge on any atom is -0.361 e. The van der Waals surface area contributed by atoms with Gasteiger partial charge in [-0.25, -0.2) is 0 Å². The predicted octanol–water partition coefficient (Wildman–Crippen LogP) is 4.40. The second-order valence-electron chi connectivity index (χ2n) is 7.65. The first-order valence-electron chi connectivity index (χ1n) is 10.7. The molecule has 1 aliphatic heterocycles. The van der Waals surface area contributed by atoms with Crippen molar-refractivity contribution >= 4 is 52.4 Å². The van der Waals surface area contributed by atoms with Gasteiger partial charge in [0.25, 0.3) is 0 Å². The Bertz CT molecular complexity index is 1050. The number of rotatable bonds is 7. The predicted molar refractivity (Wildman–Crippen MR) is 138 cm³/mol. The smallest absolute Gasteiger partial charge is 0.225 e. The van der Waals surface area contributed by atoms with E-state index in [1.165, 1.54) is 16.5 Å². The largest absolute Gasteiger partial charge is 0.361 e. The number of benzene rings is 2. The van der Waals surface area contributed by atoms with Gasteiger partial charge in [-0.05, 0) is 43.0 Å². The van der Waals surface area contributed by atoms with Gasteiger partial charge in [0, 0.05) is 48.2 Å². The zero-order chi connectivity index (χ0) is 20.8. The lowest BCUT2D eigenvalue weighted by Gasteiger charge is -2.24. The van der Waals surface area contributed by atoms with Gasteiger partial charge in [-0.1, -0.05) is 36.4 Å². The maximum atomic E-state index is 12.0. The second kappa shape index (κ2) is 11.2. The number of hydrogen-bond donors (Lipinski definition) is 4. The number of halogens is 1. The van der Waals surface area contributed by atoms with Gasteiger partial charge in [0.15, 0.2) is 5.96 Å². The van der Waals surface area contributed by atoms with E-state index in [0.717, 1.165) is 43.1 Å². The first-order chi connectivity index (χ1) is 14.7. The summed E-state index contributed by atoms with van der Waals surface area (Å²) in [5, 5.41) is 11.0. The van der Waals surface area contributed by atoms with Gasteiger partial charge in [-0.3, -0.25) is 9.79 Å². The topological polar surface area (TPSA) is 81.3 Å². The molecular weight excluding hydrogens is 501 g/mol. The number of aryl methyl sites for hydroxylation is 1. The highest BCUT2D eigenvalue weighted by molar-refractivity contribution is 14.0. The van der Waals surface area contributed by atoms with Crippen LogP contribution in [0.25, 0.3) is 10.9 Å². The van der Waals surface area contributed by atoms with Gasteiger partial charge in [0.1, 0.15) is 0 Å². The molecular formula is C24H30IN5O. The molecule has 1 unspecified atom stereocenters. The van der Waals surface area contributed by atoms with E-state index in [2.05, 4.69) is 64.4 Å². The molecule has 0 saturated carbocycles. The third-order valence-corrected chi connectivity index (χ3v) is 5.51. The Morgan fingerprint density at radius 3 is 2.81 bits per heavy atom. The van der Waals surface area contributed by atoms with E-state index in [9.17, 15) is 4.79 Å². The second-order valence-corrected chi connectivity index (χ2v) is 7.65. The molecule has 7 heteroatoms. The van der Waals surface area contributed by atoms with Crippen molar-refractivity contribution in [1.29, 1.82) is 0 Å². The number of nitrogens with zero attached hydrogens (tertiary/aromatic N) is 1. The number of fused-ring (bicyclic) bond motifs is 2. The highest BCUT2D eigenvalue weighted by Crippen LogP contribution is 2.32. The SMILES string of the molecule is CCNC(=NCC1CC(=O)Nc2ccccc21)NCCCc1c[nH]c2ccccc12.I. The lowest BCUT2D eigenvalue weighted by Crippen LogP contribution is -2.38. The molecule has 31 heavy (non-hydrogen) atoms. The van der Waals surface area contributed by atoms with Gasteiger partial charge >= 0.3 is 0 Å². The number of para-hydroxylation sites is 2. The molecule has 1 amide bonds. The summed E-state index contributed by atoms with van der Waals surface area (Å²) in [6, 6.07) is 16.4. The zero-order valence-electron chi connectivity index (χ0n) is 17.8. The fraction of sp³-hybridized carbons (Fsp3) is 0.333. The number of aromatic nitrogens is 1. The number of aliphatic imine (C=N–C) groups is 1. The van der Waals surface area contributed by atoms with Crippen LogP contribution in [0, 0.1) is 0 Å². The van der Waals surface area contributed by atoms with E-state index in [1.807, 2.05) is 18.2 Å². The molecule has 0 bridgehead atoms. The van der Waals surface area contributed by atoms with Crippen LogP contribution in [0.4, 0.5) is 5.69 Å². The standard InChI is InChI=1S/C24H29N5O.HI/c1-2-25-24(26-13-7-8-17-15-27-21-11-5-3-9-19(17)21)28-16-18-14-23(30)29-22-12-6-4-10-20(18)22;/h3-6,9-12,15,18,27H,2,7-8,13-14,16H2,1H3,(H,29,30)(H2,25,26,28);1H. The molecule has 0 radical (unpaired) electrons. The van der Waals surface area contributed by atoms with Crippen molar-refractivity contribution in [3.05, 3.63) is 65.9 Å². The third kappa shape index (κ3) is 5.78. The van der Waals surface area contributed by atoms with Crippen molar-refractivity contribution in [2.24, 2.45) is 4.99 Å². The fourth-order valence-corrected chi connectivity index (χ4v) is 4.03. The monoisotopic (exact) mass is 531 g/mol. The first-order valence-corrected chi connectivity index (χ1v) is 10.7. The third-order valence-electron chi connectivity index (χ3n) is 5.51. The molecule has 2 heterocycles. The Kier molecular flexibility index (Phi) is 8.34. The van der Waals surface area contributed by atoms with Gasteiger partial charge in [0.05, 0.1) is 6.54 Å². The van der Waals surface area contributed by atoms with Gasteiger partial charge in [-0.15, -0.1) is 24.0 Å². The average molecular weight is 531 g/mol. The highest BCUT2D eigenvalue weighted by Gasteiger charge is 2.24. The van der Waals surface area contributed by atoms with Crippen molar-refractivity contribution in [3.63, 3.8) is 0 Å². The molecule has 3 aromatic rings. The lowest BCUT2D eigenvalue weighted by atomic mass is 9.91. The molecule has 6 nitrogen and oxygen atoms in total. The number of carbonyl (C=O) groups excluding carboxylic acids is 1. The molecule has 1 aliphatic rings. The molecule has 0 aliphatic carbocycles. The van der Waals surface area contributed by atoms with Crippen molar-refractivity contribution in [2.75, 3.05) is 25.0 Å². The van der Waals surface area contributed by atoms with E-state index < -0.39 is 0 Å². The summed E-state index contributed by atoms with van der Waals surface area (Å²) < 4.78 is 0. The fourth-order valence-electron chi connectivity index (χ4n) is 4.03. The van der Waals surface area contributed by atoms with Crippen LogP contribution in [0.1, 0.15) is 36.8 Å². The number of guanidine groups is 1. The van der Waals surface area contributed by atoms with Crippen LogP contribution in [0.5, 0.6) is 0 Å². The number of nitrogens with one attached hydrogen (secondary N) is 4. The molecule has 4 N–H and O–H groups in total. The van der Waals surface area contributed by atoms with Crippen molar-refractivity contribution in [3.8, 4) is 0 Å². The first kappa shape index (κ1) is 23.1. The Balaban J connectivity index is 0.00000272.